The molecule has 2 heterocycles. The van der Waals surface area contributed by atoms with Crippen molar-refractivity contribution < 1.29 is 13.9 Å². The average molecular weight is 352 g/mol. The summed E-state index contributed by atoms with van der Waals surface area (Å²) in [6.07, 6.45) is -1.20. The highest BCUT2D eigenvalue weighted by atomic mass is 19.1. The number of fused-ring (bicyclic) bond motifs is 1. The summed E-state index contributed by atoms with van der Waals surface area (Å²) in [5, 5.41) is 17.4. The van der Waals surface area contributed by atoms with Gasteiger partial charge in [-0.2, -0.15) is 0 Å². The second kappa shape index (κ2) is 6.53. The van der Waals surface area contributed by atoms with Crippen molar-refractivity contribution in [3.05, 3.63) is 84.2 Å². The van der Waals surface area contributed by atoms with Crippen LogP contribution < -0.4 is 5.32 Å². The van der Waals surface area contributed by atoms with Crippen LogP contribution in [0.15, 0.2) is 66.7 Å². The van der Waals surface area contributed by atoms with Crippen LogP contribution in [0.25, 0.3) is 16.9 Å². The molecule has 2 N–H and O–H groups in total. The van der Waals surface area contributed by atoms with Crippen molar-refractivity contribution >= 4 is 11.3 Å². The van der Waals surface area contributed by atoms with E-state index in [4.69, 9.17) is 0 Å². The quantitative estimate of drug-likeness (QED) is 0.549. The highest BCUT2D eigenvalue weighted by Gasteiger charge is 2.17. The van der Waals surface area contributed by atoms with Crippen LogP contribution in [0.4, 0.5) is 14.5 Å². The van der Waals surface area contributed by atoms with Gasteiger partial charge in [0.05, 0.1) is 5.69 Å². The zero-order valence-electron chi connectivity index (χ0n) is 13.5. The van der Waals surface area contributed by atoms with E-state index in [1.165, 1.54) is 34.8 Å². The third-order valence-electron chi connectivity index (χ3n) is 3.92. The summed E-state index contributed by atoms with van der Waals surface area (Å²) < 4.78 is 28.6. The Hall–Kier alpha value is -3.32. The minimum Gasteiger partial charge on any atom is -0.367 e. The van der Waals surface area contributed by atoms with Crippen molar-refractivity contribution in [2.75, 3.05) is 5.32 Å². The summed E-state index contributed by atoms with van der Waals surface area (Å²) in [5.74, 6) is -0.620. The first-order chi connectivity index (χ1) is 12.6. The highest BCUT2D eigenvalue weighted by Crippen LogP contribution is 2.24. The molecular weight excluding hydrogens is 338 g/mol. The normalized spacial score (nSPS) is 12.3. The molecule has 130 valence electrons. The lowest BCUT2D eigenvalue weighted by molar-refractivity contribution is 0.198. The number of nitrogens with one attached hydrogen (secondary N) is 1. The van der Waals surface area contributed by atoms with E-state index in [1.54, 1.807) is 36.4 Å². The number of aliphatic hydroxyl groups is 1. The predicted molar refractivity (Wildman–Crippen MR) is 93.4 cm³/mol. The van der Waals surface area contributed by atoms with Crippen molar-refractivity contribution in [3.63, 3.8) is 0 Å². The van der Waals surface area contributed by atoms with Crippen LogP contribution in [0, 0.1) is 11.6 Å². The molecule has 1 atom stereocenters. The third-order valence-corrected chi connectivity index (χ3v) is 3.92. The largest absolute Gasteiger partial charge is 0.367 e. The number of anilines is 1. The molecule has 26 heavy (non-hydrogen) atoms. The van der Waals surface area contributed by atoms with Crippen LogP contribution in [0.3, 0.4) is 0 Å². The molecule has 2 aromatic carbocycles. The Kier molecular flexibility index (Phi) is 4.06. The maximum absolute atomic E-state index is 14.1. The van der Waals surface area contributed by atoms with Gasteiger partial charge in [-0.05, 0) is 48.5 Å². The molecule has 0 bridgehead atoms. The fourth-order valence-corrected chi connectivity index (χ4v) is 2.68. The summed E-state index contributed by atoms with van der Waals surface area (Å²) in [6, 6.07) is 17.1. The van der Waals surface area contributed by atoms with Crippen molar-refractivity contribution in [2.24, 2.45) is 0 Å². The Balaban J connectivity index is 1.70. The average Bonchev–Trinajstić information content (AvgIpc) is 3.09. The lowest BCUT2D eigenvalue weighted by atomic mass is 10.1. The van der Waals surface area contributed by atoms with Gasteiger partial charge in [-0.15, -0.1) is 5.10 Å². The number of pyridine rings is 1. The second-order valence-corrected chi connectivity index (χ2v) is 5.68. The Labute approximate surface area is 147 Å². The first-order valence-corrected chi connectivity index (χ1v) is 7.92. The van der Waals surface area contributed by atoms with Crippen molar-refractivity contribution in [1.82, 2.24) is 14.6 Å². The van der Waals surface area contributed by atoms with E-state index in [-0.39, 0.29) is 17.5 Å². The third kappa shape index (κ3) is 3.00. The SMILES string of the molecule is OC(Nc1ccc(F)cc1)c1nc2cccc(-c3ccccc3F)n2n1. The van der Waals surface area contributed by atoms with E-state index >= 15 is 0 Å². The van der Waals surface area contributed by atoms with Gasteiger partial charge in [-0.25, -0.2) is 18.3 Å². The van der Waals surface area contributed by atoms with Gasteiger partial charge in [0.15, 0.2) is 11.9 Å². The van der Waals surface area contributed by atoms with Crippen molar-refractivity contribution in [2.45, 2.75) is 6.23 Å². The fourth-order valence-electron chi connectivity index (χ4n) is 2.68. The zero-order valence-corrected chi connectivity index (χ0v) is 13.5. The molecule has 0 aliphatic heterocycles. The number of aromatic nitrogens is 3. The van der Waals surface area contributed by atoms with Crippen LogP contribution in [0.5, 0.6) is 0 Å². The molecule has 0 aliphatic rings. The minimum absolute atomic E-state index is 0.123. The number of rotatable bonds is 4. The first kappa shape index (κ1) is 16.2. The van der Waals surface area contributed by atoms with E-state index in [2.05, 4.69) is 15.4 Å². The summed E-state index contributed by atoms with van der Waals surface area (Å²) in [7, 11) is 0. The van der Waals surface area contributed by atoms with Gasteiger partial charge in [0.25, 0.3) is 0 Å². The topological polar surface area (TPSA) is 62.5 Å². The number of hydrogen-bond acceptors (Lipinski definition) is 4. The van der Waals surface area contributed by atoms with Crippen molar-refractivity contribution in [1.29, 1.82) is 0 Å². The number of aliphatic hydroxyl groups excluding tert-OH is 1. The Morgan fingerprint density at radius 2 is 1.69 bits per heavy atom. The Bertz CT molecular complexity index is 1060. The maximum Gasteiger partial charge on any atom is 0.201 e. The predicted octanol–water partition coefficient (Wildman–Crippen LogP) is 3.78. The summed E-state index contributed by atoms with van der Waals surface area (Å²) in [5.41, 5.74) is 1.90. The molecule has 0 amide bonds. The molecule has 0 radical (unpaired) electrons. The highest BCUT2D eigenvalue weighted by molar-refractivity contribution is 5.63. The van der Waals surface area contributed by atoms with Crippen LogP contribution in [-0.4, -0.2) is 19.7 Å². The molecule has 5 nitrogen and oxygen atoms in total. The molecule has 0 fully saturated rings. The molecular formula is C19H14F2N4O. The Morgan fingerprint density at radius 3 is 2.46 bits per heavy atom. The molecule has 0 spiro atoms. The molecule has 4 aromatic rings. The molecule has 1 unspecified atom stereocenters. The van der Waals surface area contributed by atoms with Gasteiger partial charge in [0, 0.05) is 11.3 Å². The van der Waals surface area contributed by atoms with E-state index in [1.807, 2.05) is 0 Å². The number of nitrogens with zero attached hydrogens (tertiary/aromatic N) is 3. The lowest BCUT2D eigenvalue weighted by Gasteiger charge is -2.10. The molecule has 2 aromatic heterocycles. The molecule has 0 aliphatic carbocycles. The van der Waals surface area contributed by atoms with Gasteiger partial charge in [-0.1, -0.05) is 18.2 Å². The van der Waals surface area contributed by atoms with E-state index in [0.29, 0.717) is 22.6 Å². The van der Waals surface area contributed by atoms with E-state index < -0.39 is 6.23 Å². The monoisotopic (exact) mass is 352 g/mol. The van der Waals surface area contributed by atoms with Crippen LogP contribution >= 0.6 is 0 Å². The zero-order chi connectivity index (χ0) is 18.1. The fraction of sp³-hybridized carbons (Fsp3) is 0.0526. The minimum atomic E-state index is -1.20. The number of halogens is 2. The van der Waals surface area contributed by atoms with Crippen LogP contribution in [-0.2, 0) is 0 Å². The van der Waals surface area contributed by atoms with Crippen LogP contribution in [0.1, 0.15) is 12.1 Å². The maximum atomic E-state index is 14.1. The summed E-state index contributed by atoms with van der Waals surface area (Å²) in [4.78, 5) is 4.29. The summed E-state index contributed by atoms with van der Waals surface area (Å²) >= 11 is 0. The van der Waals surface area contributed by atoms with E-state index in [9.17, 15) is 13.9 Å². The van der Waals surface area contributed by atoms with Gasteiger partial charge in [0.1, 0.15) is 11.6 Å². The van der Waals surface area contributed by atoms with Crippen LogP contribution in [0.2, 0.25) is 0 Å². The molecule has 4 rings (SSSR count). The number of benzene rings is 2. The first-order valence-electron chi connectivity index (χ1n) is 7.92. The van der Waals surface area contributed by atoms with Gasteiger partial charge in [0.2, 0.25) is 5.82 Å². The number of hydrogen-bond donors (Lipinski definition) is 2. The summed E-state index contributed by atoms with van der Waals surface area (Å²) in [6.45, 7) is 0. The smallest absolute Gasteiger partial charge is 0.201 e. The standard InChI is InChI=1S/C19H14F2N4O/c20-12-8-10-13(11-9-12)22-19(26)18-23-17-7-3-6-16(25(17)24-18)14-4-1-2-5-15(14)21/h1-11,19,22,26H. The van der Waals surface area contributed by atoms with E-state index in [0.717, 1.165) is 0 Å². The lowest BCUT2D eigenvalue weighted by Crippen LogP contribution is -2.11. The van der Waals surface area contributed by atoms with Gasteiger partial charge >= 0.3 is 0 Å². The molecule has 0 saturated heterocycles. The van der Waals surface area contributed by atoms with Crippen molar-refractivity contribution in [3.8, 4) is 11.3 Å². The Morgan fingerprint density at radius 1 is 0.923 bits per heavy atom. The molecule has 0 saturated carbocycles. The second-order valence-electron chi connectivity index (χ2n) is 5.68. The van der Waals surface area contributed by atoms with Gasteiger partial charge in [-0.3, -0.25) is 0 Å². The van der Waals surface area contributed by atoms with Gasteiger partial charge < -0.3 is 10.4 Å². The molecule has 7 heteroatoms.